The maximum atomic E-state index is 14.2. The fraction of sp³-hybridized carbons (Fsp3) is 0.304. The summed E-state index contributed by atoms with van der Waals surface area (Å²) in [5.74, 6) is -1.60. The minimum Gasteiger partial charge on any atom is -0.481 e. The highest BCUT2D eigenvalue weighted by atomic mass is 19.4. The van der Waals surface area contributed by atoms with Crippen LogP contribution in [0, 0.1) is 0 Å². The number of carbonyl (C=O) groups is 1. The molecule has 0 fully saturated rings. The number of carboxylic acid groups (broad SMARTS) is 1. The Kier molecular flexibility index (Phi) is 4.92. The van der Waals surface area contributed by atoms with Crippen molar-refractivity contribution >= 4 is 16.9 Å². The summed E-state index contributed by atoms with van der Waals surface area (Å²) < 4.78 is 43.9. The van der Waals surface area contributed by atoms with Crippen molar-refractivity contribution in [2.24, 2.45) is 7.05 Å². The van der Waals surface area contributed by atoms with Crippen molar-refractivity contribution in [3.05, 3.63) is 80.6 Å². The van der Waals surface area contributed by atoms with Crippen molar-refractivity contribution < 1.29 is 23.1 Å². The smallest absolute Gasteiger partial charge is 0.417 e. The molecule has 1 aliphatic carbocycles. The van der Waals surface area contributed by atoms with Gasteiger partial charge in [-0.2, -0.15) is 13.2 Å². The van der Waals surface area contributed by atoms with Gasteiger partial charge in [-0.1, -0.05) is 36.4 Å². The van der Waals surface area contributed by atoms with E-state index in [4.69, 9.17) is 5.11 Å². The van der Waals surface area contributed by atoms with Gasteiger partial charge in [0, 0.05) is 30.3 Å². The Bertz CT molecular complexity index is 1210. The highest BCUT2D eigenvalue weighted by Gasteiger charge is 2.41. The van der Waals surface area contributed by atoms with E-state index in [2.05, 4.69) is 0 Å². The largest absolute Gasteiger partial charge is 0.481 e. The minimum absolute atomic E-state index is 0.0116. The highest BCUT2D eigenvalue weighted by Crippen LogP contribution is 2.45. The number of hydrogen-bond donors (Lipinski definition) is 1. The van der Waals surface area contributed by atoms with Gasteiger partial charge in [0.25, 0.3) is 5.56 Å². The summed E-state index contributed by atoms with van der Waals surface area (Å²) in [7, 11) is 1.49. The van der Waals surface area contributed by atoms with Crippen molar-refractivity contribution in [1.29, 1.82) is 0 Å². The summed E-state index contributed by atoms with van der Waals surface area (Å²) >= 11 is 0. The van der Waals surface area contributed by atoms with Crippen LogP contribution in [0.3, 0.4) is 0 Å². The Hall–Kier alpha value is -3.09. The summed E-state index contributed by atoms with van der Waals surface area (Å²) in [5.41, 5.74) is 0.890. The van der Waals surface area contributed by atoms with Gasteiger partial charge >= 0.3 is 12.1 Å². The SMILES string of the molecule is Cn1c(=O)c([C@@H]2CCc3c(CCC(=O)O)cccc32)c(C(F)(F)F)c2ccccc21. The Morgan fingerprint density at radius 1 is 1.17 bits per heavy atom. The molecule has 0 bridgehead atoms. The average Bonchev–Trinajstić information content (AvgIpc) is 3.12. The van der Waals surface area contributed by atoms with E-state index >= 15 is 0 Å². The first-order chi connectivity index (χ1) is 14.2. The zero-order valence-corrected chi connectivity index (χ0v) is 16.3. The van der Waals surface area contributed by atoms with Crippen LogP contribution in [0.5, 0.6) is 0 Å². The molecule has 0 aliphatic heterocycles. The van der Waals surface area contributed by atoms with Gasteiger partial charge in [-0.15, -0.1) is 0 Å². The third-order valence-electron chi connectivity index (χ3n) is 5.95. The zero-order chi connectivity index (χ0) is 21.6. The van der Waals surface area contributed by atoms with Crippen LogP contribution < -0.4 is 5.56 Å². The Morgan fingerprint density at radius 3 is 2.60 bits per heavy atom. The zero-order valence-electron chi connectivity index (χ0n) is 16.3. The fourth-order valence-corrected chi connectivity index (χ4v) is 4.65. The second-order valence-corrected chi connectivity index (χ2v) is 7.64. The molecule has 1 atom stereocenters. The summed E-state index contributed by atoms with van der Waals surface area (Å²) in [6.45, 7) is 0. The molecule has 1 aromatic heterocycles. The summed E-state index contributed by atoms with van der Waals surface area (Å²) in [6, 6.07) is 11.4. The minimum atomic E-state index is -4.67. The first-order valence-electron chi connectivity index (χ1n) is 9.71. The number of nitrogens with zero attached hydrogens (tertiary/aromatic N) is 1. The lowest BCUT2D eigenvalue weighted by atomic mass is 9.87. The van der Waals surface area contributed by atoms with Crippen molar-refractivity contribution in [3.63, 3.8) is 0 Å². The number of para-hydroxylation sites is 1. The predicted octanol–water partition coefficient (Wildman–Crippen LogP) is 4.65. The number of fused-ring (bicyclic) bond motifs is 2. The molecule has 156 valence electrons. The second kappa shape index (κ2) is 7.31. The van der Waals surface area contributed by atoms with Crippen molar-refractivity contribution in [2.75, 3.05) is 0 Å². The van der Waals surface area contributed by atoms with Crippen LogP contribution in [0.25, 0.3) is 10.9 Å². The molecule has 0 radical (unpaired) electrons. The van der Waals surface area contributed by atoms with Gasteiger partial charge in [-0.05, 0) is 42.0 Å². The number of rotatable bonds is 4. The van der Waals surface area contributed by atoms with E-state index in [1.54, 1.807) is 24.3 Å². The molecular weight excluding hydrogens is 395 g/mol. The summed E-state index contributed by atoms with van der Waals surface area (Å²) in [4.78, 5) is 24.1. The highest BCUT2D eigenvalue weighted by molar-refractivity contribution is 5.84. The van der Waals surface area contributed by atoms with E-state index in [0.29, 0.717) is 24.8 Å². The van der Waals surface area contributed by atoms with Crippen molar-refractivity contribution in [3.8, 4) is 0 Å². The molecule has 0 saturated carbocycles. The quantitative estimate of drug-likeness (QED) is 0.675. The molecule has 1 N–H and O–H groups in total. The third-order valence-corrected chi connectivity index (χ3v) is 5.95. The van der Waals surface area contributed by atoms with Crippen LogP contribution in [0.2, 0.25) is 0 Å². The number of hydrogen-bond acceptors (Lipinski definition) is 2. The Labute approximate surface area is 170 Å². The number of alkyl halides is 3. The molecule has 4 nitrogen and oxygen atoms in total. The van der Waals surface area contributed by atoms with Crippen LogP contribution >= 0.6 is 0 Å². The van der Waals surface area contributed by atoms with Crippen LogP contribution in [0.15, 0.2) is 47.3 Å². The lowest BCUT2D eigenvalue weighted by Gasteiger charge is -2.22. The van der Waals surface area contributed by atoms with Gasteiger partial charge in [0.15, 0.2) is 0 Å². The standard InChI is InChI=1S/C23H20F3NO3/c1-27-18-8-3-2-6-17(18)21(23(24,25)26)20(22(27)30)16-11-10-14-13(9-12-19(28)29)5-4-7-15(14)16/h2-8,16H,9-12H2,1H3,(H,28,29)/t16-/m1/s1. The Morgan fingerprint density at radius 2 is 1.90 bits per heavy atom. The van der Waals surface area contributed by atoms with Gasteiger partial charge in [-0.25, -0.2) is 0 Å². The molecule has 4 rings (SSSR count). The Balaban J connectivity index is 1.95. The molecule has 1 heterocycles. The molecular formula is C23H20F3NO3. The molecule has 30 heavy (non-hydrogen) atoms. The van der Waals surface area contributed by atoms with Gasteiger partial charge in [0.2, 0.25) is 0 Å². The van der Waals surface area contributed by atoms with Crippen molar-refractivity contribution in [2.45, 2.75) is 37.8 Å². The molecule has 0 saturated heterocycles. The van der Waals surface area contributed by atoms with E-state index in [-0.39, 0.29) is 22.9 Å². The maximum absolute atomic E-state index is 14.2. The molecule has 7 heteroatoms. The molecule has 1 aliphatic rings. The van der Waals surface area contributed by atoms with Gasteiger partial charge in [0.1, 0.15) is 0 Å². The van der Waals surface area contributed by atoms with E-state index in [0.717, 1.165) is 11.1 Å². The van der Waals surface area contributed by atoms with E-state index in [1.807, 2.05) is 6.07 Å². The van der Waals surface area contributed by atoms with Crippen LogP contribution in [0.4, 0.5) is 13.2 Å². The van der Waals surface area contributed by atoms with Crippen LogP contribution in [0.1, 0.15) is 46.6 Å². The second-order valence-electron chi connectivity index (χ2n) is 7.64. The number of aliphatic carboxylic acids is 1. The molecule has 0 unspecified atom stereocenters. The molecule has 0 amide bonds. The first kappa shape index (κ1) is 20.2. The lowest BCUT2D eigenvalue weighted by molar-refractivity contribution is -0.138. The van der Waals surface area contributed by atoms with Gasteiger partial charge in [0.05, 0.1) is 11.1 Å². The van der Waals surface area contributed by atoms with E-state index < -0.39 is 29.2 Å². The predicted molar refractivity (Wildman–Crippen MR) is 107 cm³/mol. The number of aromatic nitrogens is 1. The summed E-state index contributed by atoms with van der Waals surface area (Å²) in [6.07, 6.45) is -3.51. The topological polar surface area (TPSA) is 59.3 Å². The number of halogens is 3. The maximum Gasteiger partial charge on any atom is 0.417 e. The monoisotopic (exact) mass is 415 g/mol. The molecule has 2 aromatic carbocycles. The van der Waals surface area contributed by atoms with E-state index in [1.165, 1.54) is 23.7 Å². The van der Waals surface area contributed by atoms with Crippen molar-refractivity contribution in [1.82, 2.24) is 4.57 Å². The molecule has 3 aromatic rings. The number of aryl methyl sites for hydroxylation is 2. The number of pyridine rings is 1. The van der Waals surface area contributed by atoms with Crippen LogP contribution in [-0.4, -0.2) is 15.6 Å². The van der Waals surface area contributed by atoms with Gasteiger partial charge < -0.3 is 9.67 Å². The number of benzene rings is 2. The third kappa shape index (κ3) is 3.28. The van der Waals surface area contributed by atoms with E-state index in [9.17, 15) is 22.8 Å². The summed E-state index contributed by atoms with van der Waals surface area (Å²) in [5, 5.41) is 8.99. The average molecular weight is 415 g/mol. The number of carboxylic acids is 1. The fourth-order valence-electron chi connectivity index (χ4n) is 4.65. The van der Waals surface area contributed by atoms with Gasteiger partial charge in [-0.3, -0.25) is 9.59 Å². The lowest BCUT2D eigenvalue weighted by Crippen LogP contribution is -2.29. The normalized spacial score (nSPS) is 16.1. The first-order valence-corrected chi connectivity index (χ1v) is 9.71. The molecule has 0 spiro atoms. The van der Waals surface area contributed by atoms with Crippen LogP contribution in [-0.2, 0) is 30.9 Å².